The third-order valence-electron chi connectivity index (χ3n) is 5.69. The second-order valence-electron chi connectivity index (χ2n) is 7.92. The van der Waals surface area contributed by atoms with Crippen LogP contribution < -0.4 is 5.56 Å². The van der Waals surface area contributed by atoms with Crippen LogP contribution in [0.2, 0.25) is 0 Å². The number of aryl methyl sites for hydroxylation is 1. The van der Waals surface area contributed by atoms with Gasteiger partial charge in [-0.05, 0) is 56.2 Å². The molecule has 0 saturated carbocycles. The molecule has 0 bridgehead atoms. The van der Waals surface area contributed by atoms with Crippen LogP contribution in [0.5, 0.6) is 0 Å². The lowest BCUT2D eigenvalue weighted by Gasteiger charge is -2.28. The van der Waals surface area contributed by atoms with Crippen LogP contribution in [-0.4, -0.2) is 52.9 Å². The molecular weight excluding hydrogens is 414 g/mol. The van der Waals surface area contributed by atoms with Gasteiger partial charge in [0.05, 0.1) is 28.1 Å². The van der Waals surface area contributed by atoms with Gasteiger partial charge in [0.1, 0.15) is 5.82 Å². The summed E-state index contributed by atoms with van der Waals surface area (Å²) in [6.45, 7) is 4.25. The highest BCUT2D eigenvalue weighted by Gasteiger charge is 2.34. The highest BCUT2D eigenvalue weighted by atomic mass is 32.2. The van der Waals surface area contributed by atoms with E-state index in [1.54, 1.807) is 54.3 Å². The number of para-hydroxylation sites is 1. The number of amides is 1. The molecule has 1 aromatic heterocycles. The SMILES string of the molecule is CCCN(C(=O)c1ccc(-n2c(C)nc3ccccc3c2=O)cc1)C1CCS(=O)(=O)C1. The van der Waals surface area contributed by atoms with E-state index in [1.165, 1.54) is 4.57 Å². The number of fused-ring (bicyclic) bond motifs is 1. The predicted molar refractivity (Wildman–Crippen MR) is 120 cm³/mol. The number of hydrogen-bond acceptors (Lipinski definition) is 5. The second kappa shape index (κ2) is 8.26. The fraction of sp³-hybridized carbons (Fsp3) is 0.348. The predicted octanol–water partition coefficient (Wildman–Crippen LogP) is 2.73. The summed E-state index contributed by atoms with van der Waals surface area (Å²) in [6, 6.07) is 13.7. The van der Waals surface area contributed by atoms with E-state index in [9.17, 15) is 18.0 Å². The normalized spacial score (nSPS) is 17.7. The molecule has 1 amide bonds. The number of aromatic nitrogens is 2. The number of carbonyl (C=O) groups excluding carboxylic acids is 1. The summed E-state index contributed by atoms with van der Waals surface area (Å²) >= 11 is 0. The minimum atomic E-state index is -3.08. The fourth-order valence-electron chi connectivity index (χ4n) is 4.18. The largest absolute Gasteiger partial charge is 0.335 e. The molecule has 2 heterocycles. The van der Waals surface area contributed by atoms with Gasteiger partial charge in [-0.15, -0.1) is 0 Å². The summed E-state index contributed by atoms with van der Waals surface area (Å²) in [5, 5.41) is 0.532. The number of nitrogens with zero attached hydrogens (tertiary/aromatic N) is 3. The van der Waals surface area contributed by atoms with Gasteiger partial charge < -0.3 is 4.90 Å². The Morgan fingerprint density at radius 2 is 1.87 bits per heavy atom. The molecule has 1 saturated heterocycles. The van der Waals surface area contributed by atoms with Crippen LogP contribution in [0.15, 0.2) is 53.3 Å². The lowest BCUT2D eigenvalue weighted by atomic mass is 10.1. The first-order valence-corrected chi connectivity index (χ1v) is 12.2. The zero-order valence-electron chi connectivity index (χ0n) is 17.6. The fourth-order valence-corrected chi connectivity index (χ4v) is 5.91. The molecule has 162 valence electrons. The van der Waals surface area contributed by atoms with Gasteiger partial charge in [-0.25, -0.2) is 13.4 Å². The lowest BCUT2D eigenvalue weighted by molar-refractivity contribution is 0.0697. The summed E-state index contributed by atoms with van der Waals surface area (Å²) in [5.74, 6) is 0.526. The van der Waals surface area contributed by atoms with E-state index in [1.807, 2.05) is 13.0 Å². The van der Waals surface area contributed by atoms with Crippen LogP contribution in [0.3, 0.4) is 0 Å². The van der Waals surface area contributed by atoms with E-state index in [0.29, 0.717) is 40.9 Å². The van der Waals surface area contributed by atoms with Crippen LogP contribution in [0.1, 0.15) is 35.9 Å². The molecular formula is C23H25N3O4S. The minimum Gasteiger partial charge on any atom is -0.335 e. The number of rotatable bonds is 5. The Hall–Kier alpha value is -3.00. The molecule has 1 unspecified atom stereocenters. The quantitative estimate of drug-likeness (QED) is 0.610. The second-order valence-corrected chi connectivity index (χ2v) is 10.1. The van der Waals surface area contributed by atoms with Crippen molar-refractivity contribution in [2.24, 2.45) is 0 Å². The number of benzene rings is 2. The van der Waals surface area contributed by atoms with Crippen molar-refractivity contribution in [2.75, 3.05) is 18.1 Å². The molecule has 0 radical (unpaired) electrons. The standard InChI is InChI=1S/C23H25N3O4S/c1-3-13-25(19-12-14-31(29,30)15-19)22(27)17-8-10-18(11-9-17)26-16(2)24-21-7-5-4-6-20(21)23(26)28/h4-11,19H,3,12-15H2,1-2H3. The van der Waals surface area contributed by atoms with Crippen LogP contribution >= 0.6 is 0 Å². The van der Waals surface area contributed by atoms with E-state index in [4.69, 9.17) is 0 Å². The van der Waals surface area contributed by atoms with E-state index in [0.717, 1.165) is 6.42 Å². The van der Waals surface area contributed by atoms with Crippen molar-refractivity contribution < 1.29 is 13.2 Å². The Morgan fingerprint density at radius 1 is 1.16 bits per heavy atom. The molecule has 2 aromatic carbocycles. The van der Waals surface area contributed by atoms with Crippen molar-refractivity contribution >= 4 is 26.6 Å². The van der Waals surface area contributed by atoms with Gasteiger partial charge in [0.2, 0.25) is 0 Å². The Labute approximate surface area is 181 Å². The lowest BCUT2D eigenvalue weighted by Crippen LogP contribution is -2.41. The van der Waals surface area contributed by atoms with Crippen LogP contribution in [0.25, 0.3) is 16.6 Å². The summed E-state index contributed by atoms with van der Waals surface area (Å²) in [7, 11) is -3.08. The number of hydrogen-bond donors (Lipinski definition) is 0. The number of sulfone groups is 1. The molecule has 4 rings (SSSR count). The molecule has 7 nitrogen and oxygen atoms in total. The summed E-state index contributed by atoms with van der Waals surface area (Å²) in [5.41, 5.74) is 1.59. The molecule has 31 heavy (non-hydrogen) atoms. The summed E-state index contributed by atoms with van der Waals surface area (Å²) in [6.07, 6.45) is 1.22. The third-order valence-corrected chi connectivity index (χ3v) is 7.44. The molecule has 8 heteroatoms. The van der Waals surface area contributed by atoms with E-state index >= 15 is 0 Å². The first-order valence-electron chi connectivity index (χ1n) is 10.4. The maximum absolute atomic E-state index is 13.1. The van der Waals surface area contributed by atoms with Crippen molar-refractivity contribution in [2.45, 2.75) is 32.7 Å². The first kappa shape index (κ1) is 21.2. The van der Waals surface area contributed by atoms with Crippen molar-refractivity contribution in [3.05, 3.63) is 70.3 Å². The van der Waals surface area contributed by atoms with Crippen LogP contribution in [-0.2, 0) is 9.84 Å². The van der Waals surface area contributed by atoms with Gasteiger partial charge in [0.15, 0.2) is 9.84 Å². The van der Waals surface area contributed by atoms with Gasteiger partial charge >= 0.3 is 0 Å². The molecule has 0 spiro atoms. The van der Waals surface area contributed by atoms with E-state index in [2.05, 4.69) is 4.98 Å². The van der Waals surface area contributed by atoms with Gasteiger partial charge in [-0.1, -0.05) is 19.1 Å². The Bertz CT molecular complexity index is 1300. The topological polar surface area (TPSA) is 89.3 Å². The van der Waals surface area contributed by atoms with E-state index in [-0.39, 0.29) is 29.0 Å². The molecule has 0 N–H and O–H groups in total. The molecule has 3 aromatic rings. The highest BCUT2D eigenvalue weighted by Crippen LogP contribution is 2.21. The average molecular weight is 440 g/mol. The molecule has 1 aliphatic rings. The smallest absolute Gasteiger partial charge is 0.265 e. The maximum atomic E-state index is 13.1. The van der Waals surface area contributed by atoms with Gasteiger partial charge in [-0.3, -0.25) is 14.2 Å². The Kier molecular flexibility index (Phi) is 5.66. The molecule has 1 fully saturated rings. The third kappa shape index (κ3) is 4.12. The zero-order chi connectivity index (χ0) is 22.2. The van der Waals surface area contributed by atoms with Gasteiger partial charge in [-0.2, -0.15) is 0 Å². The number of carbonyl (C=O) groups is 1. The zero-order valence-corrected chi connectivity index (χ0v) is 18.4. The summed E-state index contributed by atoms with van der Waals surface area (Å²) in [4.78, 5) is 32.3. The monoisotopic (exact) mass is 439 g/mol. The maximum Gasteiger partial charge on any atom is 0.265 e. The van der Waals surface area contributed by atoms with Gasteiger partial charge in [0, 0.05) is 18.2 Å². The van der Waals surface area contributed by atoms with Crippen molar-refractivity contribution in [3.63, 3.8) is 0 Å². The Morgan fingerprint density at radius 3 is 2.52 bits per heavy atom. The minimum absolute atomic E-state index is 0.0220. The Balaban J connectivity index is 1.66. The molecule has 1 atom stereocenters. The summed E-state index contributed by atoms with van der Waals surface area (Å²) < 4.78 is 25.3. The van der Waals surface area contributed by atoms with Crippen LogP contribution in [0, 0.1) is 6.92 Å². The van der Waals surface area contributed by atoms with Crippen molar-refractivity contribution in [1.82, 2.24) is 14.5 Å². The van der Waals surface area contributed by atoms with E-state index < -0.39 is 9.84 Å². The average Bonchev–Trinajstić information content (AvgIpc) is 3.11. The highest BCUT2D eigenvalue weighted by molar-refractivity contribution is 7.91. The first-order chi connectivity index (χ1) is 14.8. The van der Waals surface area contributed by atoms with Gasteiger partial charge in [0.25, 0.3) is 11.5 Å². The molecule has 0 aliphatic carbocycles. The van der Waals surface area contributed by atoms with Crippen molar-refractivity contribution in [3.8, 4) is 5.69 Å². The molecule has 1 aliphatic heterocycles. The van der Waals surface area contributed by atoms with Crippen molar-refractivity contribution in [1.29, 1.82) is 0 Å². The van der Waals surface area contributed by atoms with Crippen LogP contribution in [0.4, 0.5) is 0 Å².